The molecule has 1 aliphatic rings. The van der Waals surface area contributed by atoms with E-state index < -0.39 is 0 Å². The van der Waals surface area contributed by atoms with Gasteiger partial charge in [-0.3, -0.25) is 0 Å². The van der Waals surface area contributed by atoms with E-state index in [0.717, 1.165) is 36.9 Å². The molecule has 1 aromatic heterocycles. The number of hydrogen-bond acceptors (Lipinski definition) is 5. The third kappa shape index (κ3) is 3.08. The van der Waals surface area contributed by atoms with E-state index in [9.17, 15) is 0 Å². The Morgan fingerprint density at radius 2 is 2.26 bits per heavy atom. The van der Waals surface area contributed by atoms with Gasteiger partial charge < -0.3 is 15.0 Å². The van der Waals surface area contributed by atoms with E-state index in [1.54, 1.807) is 13.4 Å². The van der Waals surface area contributed by atoms with Crippen molar-refractivity contribution in [2.75, 3.05) is 30.4 Å². The zero-order valence-corrected chi connectivity index (χ0v) is 12.1. The largest absolute Gasteiger partial charge is 0.490 e. The lowest BCUT2D eigenvalue weighted by Crippen LogP contribution is -2.38. The summed E-state index contributed by atoms with van der Waals surface area (Å²) in [4.78, 5) is 11.1. The molecule has 0 radical (unpaired) electrons. The lowest BCUT2D eigenvalue weighted by molar-refractivity contribution is 0.404. The van der Waals surface area contributed by atoms with Gasteiger partial charge in [0.25, 0.3) is 0 Å². The van der Waals surface area contributed by atoms with Gasteiger partial charge in [-0.05, 0) is 32.6 Å². The smallest absolute Gasteiger partial charge is 0.204 e. The number of nitrogens with zero attached hydrogens (tertiary/aromatic N) is 3. The molecule has 1 atom stereocenters. The topological polar surface area (TPSA) is 50.3 Å². The fourth-order valence-corrected chi connectivity index (χ4v) is 2.54. The third-order valence-corrected chi connectivity index (χ3v) is 3.61. The van der Waals surface area contributed by atoms with Crippen LogP contribution in [0.15, 0.2) is 6.33 Å². The zero-order valence-electron chi connectivity index (χ0n) is 12.1. The summed E-state index contributed by atoms with van der Waals surface area (Å²) in [5.41, 5.74) is 0. The monoisotopic (exact) mass is 264 g/mol. The van der Waals surface area contributed by atoms with E-state index in [2.05, 4.69) is 34.0 Å². The number of nitrogens with one attached hydrogen (secondary N) is 1. The Morgan fingerprint density at radius 1 is 1.42 bits per heavy atom. The van der Waals surface area contributed by atoms with E-state index in [1.165, 1.54) is 19.3 Å². The predicted molar refractivity (Wildman–Crippen MR) is 78.0 cm³/mol. The lowest BCUT2D eigenvalue weighted by atomic mass is 10.0. The average molecular weight is 264 g/mol. The molecule has 5 heteroatoms. The van der Waals surface area contributed by atoms with E-state index in [-0.39, 0.29) is 0 Å². The van der Waals surface area contributed by atoms with Crippen LogP contribution in [0, 0.1) is 0 Å². The number of piperidine rings is 1. The lowest BCUT2D eigenvalue weighted by Gasteiger charge is -2.35. The van der Waals surface area contributed by atoms with Crippen molar-refractivity contribution in [2.24, 2.45) is 0 Å². The Kier molecular flexibility index (Phi) is 4.82. The number of hydrogen-bond donors (Lipinski definition) is 1. The first-order chi connectivity index (χ1) is 9.27. The van der Waals surface area contributed by atoms with Crippen LogP contribution in [0.5, 0.6) is 5.75 Å². The first-order valence-corrected chi connectivity index (χ1v) is 7.17. The van der Waals surface area contributed by atoms with Crippen molar-refractivity contribution in [1.82, 2.24) is 9.97 Å². The van der Waals surface area contributed by atoms with Crippen LogP contribution in [0.3, 0.4) is 0 Å². The minimum Gasteiger partial charge on any atom is -0.490 e. The van der Waals surface area contributed by atoms with Crippen molar-refractivity contribution < 1.29 is 4.74 Å². The average Bonchev–Trinajstić information content (AvgIpc) is 2.45. The summed E-state index contributed by atoms with van der Waals surface area (Å²) in [6.45, 7) is 6.32. The van der Waals surface area contributed by atoms with Gasteiger partial charge >= 0.3 is 0 Å². The van der Waals surface area contributed by atoms with Gasteiger partial charge in [0, 0.05) is 19.1 Å². The highest BCUT2D eigenvalue weighted by molar-refractivity contribution is 5.65. The van der Waals surface area contributed by atoms with Gasteiger partial charge in [-0.15, -0.1) is 0 Å². The number of methoxy groups -OCH3 is 1. The quantitative estimate of drug-likeness (QED) is 0.886. The highest BCUT2D eigenvalue weighted by Gasteiger charge is 2.24. The number of aromatic nitrogens is 2. The molecule has 2 rings (SSSR count). The van der Waals surface area contributed by atoms with Gasteiger partial charge in [-0.1, -0.05) is 6.92 Å². The number of ether oxygens (including phenoxy) is 1. The van der Waals surface area contributed by atoms with Crippen molar-refractivity contribution in [1.29, 1.82) is 0 Å². The Balaban J connectivity index is 2.28. The first kappa shape index (κ1) is 13.9. The Morgan fingerprint density at radius 3 is 2.95 bits per heavy atom. The summed E-state index contributed by atoms with van der Waals surface area (Å²) < 4.78 is 5.55. The number of rotatable bonds is 5. The molecular formula is C14H24N4O. The minimum atomic E-state index is 0.511. The minimum absolute atomic E-state index is 0.511. The molecule has 1 N–H and O–H groups in total. The SMILES string of the molecule is CCCNc1ncnc(N2CCCCC2C)c1OC. The van der Waals surface area contributed by atoms with Crippen LogP contribution in [-0.4, -0.2) is 36.2 Å². The van der Waals surface area contributed by atoms with Crippen LogP contribution in [0.2, 0.25) is 0 Å². The molecular weight excluding hydrogens is 240 g/mol. The Hall–Kier alpha value is -1.52. The molecule has 1 unspecified atom stereocenters. The molecule has 1 saturated heterocycles. The summed E-state index contributed by atoms with van der Waals surface area (Å²) in [7, 11) is 1.69. The highest BCUT2D eigenvalue weighted by Crippen LogP contribution is 2.35. The molecule has 0 bridgehead atoms. The fraction of sp³-hybridized carbons (Fsp3) is 0.714. The second-order valence-electron chi connectivity index (χ2n) is 5.04. The molecule has 0 aliphatic carbocycles. The zero-order chi connectivity index (χ0) is 13.7. The molecule has 0 spiro atoms. The van der Waals surface area contributed by atoms with Crippen molar-refractivity contribution in [2.45, 2.75) is 45.6 Å². The fourth-order valence-electron chi connectivity index (χ4n) is 2.54. The normalized spacial score (nSPS) is 19.3. The number of anilines is 2. The predicted octanol–water partition coefficient (Wildman–Crippen LogP) is 2.69. The van der Waals surface area contributed by atoms with Gasteiger partial charge in [-0.2, -0.15) is 0 Å². The second-order valence-corrected chi connectivity index (χ2v) is 5.04. The molecule has 0 amide bonds. The van der Waals surface area contributed by atoms with Crippen molar-refractivity contribution in [3.63, 3.8) is 0 Å². The summed E-state index contributed by atoms with van der Waals surface area (Å²) in [5, 5.41) is 3.31. The molecule has 5 nitrogen and oxygen atoms in total. The Labute approximate surface area is 115 Å². The maximum absolute atomic E-state index is 5.55. The third-order valence-electron chi connectivity index (χ3n) is 3.61. The summed E-state index contributed by atoms with van der Waals surface area (Å²) in [6, 6.07) is 0.511. The summed E-state index contributed by atoms with van der Waals surface area (Å²) in [5.74, 6) is 2.49. The van der Waals surface area contributed by atoms with Gasteiger partial charge in [0.2, 0.25) is 5.75 Å². The maximum atomic E-state index is 5.55. The highest BCUT2D eigenvalue weighted by atomic mass is 16.5. The maximum Gasteiger partial charge on any atom is 0.204 e. The molecule has 0 saturated carbocycles. The van der Waals surface area contributed by atoms with Crippen molar-refractivity contribution in [3.8, 4) is 5.75 Å². The molecule has 1 aliphatic heterocycles. The second kappa shape index (κ2) is 6.59. The first-order valence-electron chi connectivity index (χ1n) is 7.17. The standard InChI is InChI=1S/C14H24N4O/c1-4-8-15-13-12(19-3)14(17-10-16-13)18-9-6-5-7-11(18)2/h10-11H,4-9H2,1-3H3,(H,15,16,17). The van der Waals surface area contributed by atoms with E-state index >= 15 is 0 Å². The van der Waals surface area contributed by atoms with Crippen LogP contribution in [0.4, 0.5) is 11.6 Å². The van der Waals surface area contributed by atoms with Crippen LogP contribution in [-0.2, 0) is 0 Å². The molecule has 2 heterocycles. The summed E-state index contributed by atoms with van der Waals surface area (Å²) >= 11 is 0. The van der Waals surface area contributed by atoms with E-state index in [0.29, 0.717) is 6.04 Å². The van der Waals surface area contributed by atoms with Crippen molar-refractivity contribution >= 4 is 11.6 Å². The van der Waals surface area contributed by atoms with Crippen LogP contribution >= 0.6 is 0 Å². The molecule has 1 fully saturated rings. The van der Waals surface area contributed by atoms with Gasteiger partial charge in [0.05, 0.1) is 7.11 Å². The van der Waals surface area contributed by atoms with Crippen LogP contribution in [0.1, 0.15) is 39.5 Å². The van der Waals surface area contributed by atoms with Crippen LogP contribution < -0.4 is 15.0 Å². The molecule has 19 heavy (non-hydrogen) atoms. The molecule has 106 valence electrons. The van der Waals surface area contributed by atoms with E-state index in [4.69, 9.17) is 4.74 Å². The van der Waals surface area contributed by atoms with Gasteiger partial charge in [0.15, 0.2) is 11.6 Å². The van der Waals surface area contributed by atoms with Gasteiger partial charge in [-0.25, -0.2) is 9.97 Å². The molecule has 1 aromatic rings. The van der Waals surface area contributed by atoms with E-state index in [1.807, 2.05) is 0 Å². The van der Waals surface area contributed by atoms with Gasteiger partial charge in [0.1, 0.15) is 6.33 Å². The Bertz CT molecular complexity index is 410. The summed E-state index contributed by atoms with van der Waals surface area (Å²) in [6.07, 6.45) is 6.41. The van der Waals surface area contributed by atoms with Crippen LogP contribution in [0.25, 0.3) is 0 Å². The van der Waals surface area contributed by atoms with Crippen molar-refractivity contribution in [3.05, 3.63) is 6.33 Å². The molecule has 0 aromatic carbocycles.